The minimum atomic E-state index is -1.13. The number of carbonyl (C=O) groups is 3. The van der Waals surface area contributed by atoms with Crippen molar-refractivity contribution in [1.82, 2.24) is 9.80 Å². The summed E-state index contributed by atoms with van der Waals surface area (Å²) in [5.74, 6) is -3.40. The molecule has 8 heteroatoms. The van der Waals surface area contributed by atoms with Gasteiger partial charge in [0.15, 0.2) is 0 Å². The van der Waals surface area contributed by atoms with E-state index in [2.05, 4.69) is 6.58 Å². The Labute approximate surface area is 206 Å². The predicted molar refractivity (Wildman–Crippen MR) is 129 cm³/mol. The van der Waals surface area contributed by atoms with Crippen LogP contribution in [0.25, 0.3) is 0 Å². The molecule has 1 aromatic rings. The molecule has 0 saturated carbocycles. The van der Waals surface area contributed by atoms with Crippen LogP contribution in [0.3, 0.4) is 0 Å². The number of benzene rings is 1. The molecular weight excluding hydrogens is 448 g/mol. The summed E-state index contributed by atoms with van der Waals surface area (Å²) in [6, 6.07) is 8.77. The van der Waals surface area contributed by atoms with Crippen LogP contribution in [0.1, 0.15) is 51.0 Å². The minimum Gasteiger partial charge on any atom is -0.481 e. The monoisotopic (exact) mass is 484 g/mol. The van der Waals surface area contributed by atoms with Crippen molar-refractivity contribution in [3.05, 3.63) is 48.6 Å². The van der Waals surface area contributed by atoms with Gasteiger partial charge in [-0.05, 0) is 38.2 Å². The summed E-state index contributed by atoms with van der Waals surface area (Å²) < 4.78 is 6.45. The number of ether oxygens (including phenoxy) is 1. The van der Waals surface area contributed by atoms with Crippen molar-refractivity contribution >= 4 is 17.8 Å². The molecule has 3 fully saturated rings. The number of aliphatic carboxylic acids is 1. The normalized spacial score (nSPS) is 31.0. The first-order valence-corrected chi connectivity index (χ1v) is 12.6. The van der Waals surface area contributed by atoms with Crippen LogP contribution < -0.4 is 0 Å². The molecule has 3 heterocycles. The average molecular weight is 485 g/mol. The summed E-state index contributed by atoms with van der Waals surface area (Å²) in [5.41, 5.74) is -1.13. The molecule has 2 N–H and O–H groups in total. The average Bonchev–Trinajstić information content (AvgIpc) is 3.40. The Bertz CT molecular complexity index is 968. The number of amides is 2. The lowest BCUT2D eigenvalue weighted by molar-refractivity contribution is -0.156. The fourth-order valence-electron chi connectivity index (χ4n) is 6.43. The van der Waals surface area contributed by atoms with Gasteiger partial charge in [0.25, 0.3) is 0 Å². The van der Waals surface area contributed by atoms with E-state index in [1.807, 2.05) is 30.3 Å². The number of carbonyl (C=O) groups excluding carboxylic acids is 2. The maximum Gasteiger partial charge on any atom is 0.310 e. The maximum atomic E-state index is 14.2. The van der Waals surface area contributed by atoms with Crippen LogP contribution in [-0.4, -0.2) is 74.7 Å². The number of aliphatic hydroxyl groups excluding tert-OH is 1. The number of likely N-dealkylation sites (tertiary alicyclic amines) is 1. The van der Waals surface area contributed by atoms with Crippen molar-refractivity contribution in [2.75, 3.05) is 19.7 Å². The Kier molecular flexibility index (Phi) is 7.33. The number of fused-ring (bicyclic) bond motifs is 1. The van der Waals surface area contributed by atoms with E-state index in [9.17, 15) is 19.5 Å². The number of nitrogens with zero attached hydrogens (tertiary/aromatic N) is 2. The summed E-state index contributed by atoms with van der Waals surface area (Å²) in [5, 5.41) is 19.1. The second kappa shape index (κ2) is 10.1. The fourth-order valence-corrected chi connectivity index (χ4v) is 6.43. The van der Waals surface area contributed by atoms with Crippen LogP contribution in [0.4, 0.5) is 0 Å². The molecule has 3 saturated heterocycles. The highest BCUT2D eigenvalue weighted by molar-refractivity contribution is 5.98. The highest BCUT2D eigenvalue weighted by Gasteiger charge is 2.78. The molecule has 2 amide bonds. The van der Waals surface area contributed by atoms with Gasteiger partial charge in [0.1, 0.15) is 11.6 Å². The Hall–Kier alpha value is -2.71. The molecule has 8 nitrogen and oxygen atoms in total. The lowest BCUT2D eigenvalue weighted by atomic mass is 9.66. The quantitative estimate of drug-likeness (QED) is 0.349. The number of unbranched alkanes of at least 4 members (excludes halogenated alkanes) is 3. The highest BCUT2D eigenvalue weighted by atomic mass is 16.5. The highest BCUT2D eigenvalue weighted by Crippen LogP contribution is 2.63. The first-order valence-electron chi connectivity index (χ1n) is 12.6. The van der Waals surface area contributed by atoms with E-state index in [1.54, 1.807) is 22.8 Å². The Morgan fingerprint density at radius 2 is 1.91 bits per heavy atom. The molecule has 5 atom stereocenters. The van der Waals surface area contributed by atoms with E-state index in [1.165, 1.54) is 0 Å². The zero-order chi connectivity index (χ0) is 25.2. The molecule has 3 aliphatic heterocycles. The first kappa shape index (κ1) is 25.4. The third kappa shape index (κ3) is 4.38. The van der Waals surface area contributed by atoms with E-state index in [0.717, 1.165) is 18.4 Å². The van der Waals surface area contributed by atoms with Gasteiger partial charge < -0.3 is 24.7 Å². The minimum absolute atomic E-state index is 0.123. The van der Waals surface area contributed by atoms with Crippen molar-refractivity contribution in [1.29, 1.82) is 0 Å². The van der Waals surface area contributed by atoms with Crippen molar-refractivity contribution < 1.29 is 29.3 Å². The standard InChI is InChI=1S/C27H36N2O6/c1-3-15-28(18-19-11-7-6-8-12-19)24(32)22-27-14-13-26(2,35-27)21(25(33)34)20(27)23(31)29(22)16-9-4-5-10-17-30/h3,6-8,11-12,20-22,30H,1,4-5,9-10,13-18H2,2H3,(H,33,34)/t20-,21-,22?,26+,27?/m0/s1. The van der Waals surface area contributed by atoms with E-state index in [0.29, 0.717) is 45.3 Å². The van der Waals surface area contributed by atoms with Crippen molar-refractivity contribution in [2.24, 2.45) is 11.8 Å². The number of carboxylic acid groups (broad SMARTS) is 1. The molecule has 0 radical (unpaired) electrons. The van der Waals surface area contributed by atoms with Gasteiger partial charge in [-0.25, -0.2) is 0 Å². The third-order valence-electron chi connectivity index (χ3n) is 7.96. The van der Waals surface area contributed by atoms with Crippen LogP contribution in [0.5, 0.6) is 0 Å². The summed E-state index contributed by atoms with van der Waals surface area (Å²) in [6.45, 7) is 6.73. The molecular formula is C27H36N2O6. The summed E-state index contributed by atoms with van der Waals surface area (Å²) in [6.07, 6.45) is 5.65. The van der Waals surface area contributed by atoms with Crippen molar-refractivity contribution in [3.8, 4) is 0 Å². The van der Waals surface area contributed by atoms with Crippen LogP contribution in [0.15, 0.2) is 43.0 Å². The van der Waals surface area contributed by atoms with Gasteiger partial charge in [0.05, 0.1) is 17.4 Å². The molecule has 2 unspecified atom stereocenters. The molecule has 1 aromatic carbocycles. The summed E-state index contributed by atoms with van der Waals surface area (Å²) in [7, 11) is 0. The van der Waals surface area contributed by atoms with Gasteiger partial charge in [-0.15, -0.1) is 6.58 Å². The molecule has 4 rings (SSSR count). The van der Waals surface area contributed by atoms with Crippen LogP contribution in [-0.2, 0) is 25.7 Å². The molecule has 0 aromatic heterocycles. The molecule has 0 aliphatic carbocycles. The van der Waals surface area contributed by atoms with Gasteiger partial charge in [-0.3, -0.25) is 14.4 Å². The van der Waals surface area contributed by atoms with Gasteiger partial charge in [-0.2, -0.15) is 0 Å². The zero-order valence-corrected chi connectivity index (χ0v) is 20.4. The molecule has 3 aliphatic rings. The van der Waals surface area contributed by atoms with E-state index >= 15 is 0 Å². The number of carboxylic acids is 1. The van der Waals surface area contributed by atoms with Crippen LogP contribution in [0.2, 0.25) is 0 Å². The second-order valence-electron chi connectivity index (χ2n) is 10.2. The lowest BCUT2D eigenvalue weighted by Crippen LogP contribution is -2.56. The lowest BCUT2D eigenvalue weighted by Gasteiger charge is -2.37. The number of hydrogen-bond donors (Lipinski definition) is 2. The number of aliphatic hydroxyl groups is 1. The molecule has 190 valence electrons. The van der Waals surface area contributed by atoms with Crippen molar-refractivity contribution in [2.45, 2.75) is 69.2 Å². The fraction of sp³-hybridized carbons (Fsp3) is 0.593. The topological polar surface area (TPSA) is 107 Å². The van der Waals surface area contributed by atoms with Gasteiger partial charge in [0.2, 0.25) is 11.8 Å². The van der Waals surface area contributed by atoms with E-state index < -0.39 is 35.0 Å². The third-order valence-corrected chi connectivity index (χ3v) is 7.96. The molecule has 35 heavy (non-hydrogen) atoms. The van der Waals surface area contributed by atoms with Crippen molar-refractivity contribution in [3.63, 3.8) is 0 Å². The van der Waals surface area contributed by atoms with Crippen LogP contribution >= 0.6 is 0 Å². The predicted octanol–water partition coefficient (Wildman–Crippen LogP) is 2.60. The van der Waals surface area contributed by atoms with Gasteiger partial charge in [0, 0.05) is 26.2 Å². The SMILES string of the molecule is C=CCN(Cc1ccccc1)C(=O)C1N(CCCCCCO)C(=O)[C@@H]2[C@@H](C(=O)O)[C@@]3(C)CCC12O3. The summed E-state index contributed by atoms with van der Waals surface area (Å²) >= 11 is 0. The Balaban J connectivity index is 1.67. The van der Waals surface area contributed by atoms with E-state index in [-0.39, 0.29) is 18.4 Å². The largest absolute Gasteiger partial charge is 0.481 e. The smallest absolute Gasteiger partial charge is 0.310 e. The Morgan fingerprint density at radius 1 is 1.20 bits per heavy atom. The molecule has 1 spiro atoms. The molecule has 2 bridgehead atoms. The first-order chi connectivity index (χ1) is 16.8. The second-order valence-corrected chi connectivity index (χ2v) is 10.2. The van der Waals surface area contributed by atoms with Gasteiger partial charge in [-0.1, -0.05) is 49.2 Å². The number of rotatable bonds is 12. The van der Waals surface area contributed by atoms with Gasteiger partial charge >= 0.3 is 5.97 Å². The number of hydrogen-bond acceptors (Lipinski definition) is 5. The van der Waals surface area contributed by atoms with E-state index in [4.69, 9.17) is 9.84 Å². The van der Waals surface area contributed by atoms with Crippen LogP contribution in [0, 0.1) is 11.8 Å². The maximum absolute atomic E-state index is 14.2. The Morgan fingerprint density at radius 3 is 2.57 bits per heavy atom. The zero-order valence-electron chi connectivity index (χ0n) is 20.4. The summed E-state index contributed by atoms with van der Waals surface area (Å²) in [4.78, 5) is 43.5.